The molecule has 0 atom stereocenters. The highest BCUT2D eigenvalue weighted by Crippen LogP contribution is 2.06. The number of hydrogen-bond donors (Lipinski definition) is 2. The molecule has 0 unspecified atom stereocenters. The third-order valence-electron chi connectivity index (χ3n) is 3.15. The van der Waals surface area contributed by atoms with Crippen LogP contribution in [0.15, 0.2) is 36.7 Å². The number of hydrogen-bond acceptors (Lipinski definition) is 5. The van der Waals surface area contributed by atoms with Crippen molar-refractivity contribution in [3.8, 4) is 0 Å². The standard InChI is InChI=1S/C16H20FN5O/c1-22(2)8-7-18-15-11-19-14(10-20-15)16(23)21-9-12-5-3-4-6-13(12)17/h3-6,10-11H,7-9H2,1-2H3,(H,18,20)(H,21,23). The molecule has 23 heavy (non-hydrogen) atoms. The van der Waals surface area contributed by atoms with Gasteiger partial charge in [-0.1, -0.05) is 18.2 Å². The molecule has 1 heterocycles. The highest BCUT2D eigenvalue weighted by molar-refractivity contribution is 5.91. The fraction of sp³-hybridized carbons (Fsp3) is 0.312. The summed E-state index contributed by atoms with van der Waals surface area (Å²) >= 11 is 0. The van der Waals surface area contributed by atoms with E-state index in [1.54, 1.807) is 18.2 Å². The maximum absolute atomic E-state index is 13.5. The van der Waals surface area contributed by atoms with Crippen molar-refractivity contribution in [1.29, 1.82) is 0 Å². The van der Waals surface area contributed by atoms with Gasteiger partial charge >= 0.3 is 0 Å². The van der Waals surface area contributed by atoms with E-state index in [-0.39, 0.29) is 24.0 Å². The molecule has 2 rings (SSSR count). The quantitative estimate of drug-likeness (QED) is 0.810. The Hall–Kier alpha value is -2.54. The van der Waals surface area contributed by atoms with Crippen LogP contribution >= 0.6 is 0 Å². The summed E-state index contributed by atoms with van der Waals surface area (Å²) in [4.78, 5) is 22.2. The Morgan fingerprint density at radius 3 is 2.65 bits per heavy atom. The second-order valence-electron chi connectivity index (χ2n) is 5.29. The number of carbonyl (C=O) groups is 1. The van der Waals surface area contributed by atoms with E-state index in [9.17, 15) is 9.18 Å². The molecule has 2 aromatic rings. The third-order valence-corrected chi connectivity index (χ3v) is 3.15. The highest BCUT2D eigenvalue weighted by atomic mass is 19.1. The lowest BCUT2D eigenvalue weighted by molar-refractivity contribution is 0.0945. The van der Waals surface area contributed by atoms with Crippen molar-refractivity contribution in [2.75, 3.05) is 32.5 Å². The van der Waals surface area contributed by atoms with Crippen LogP contribution in [0.5, 0.6) is 0 Å². The molecule has 1 amide bonds. The summed E-state index contributed by atoms with van der Waals surface area (Å²) < 4.78 is 13.5. The molecule has 0 fully saturated rings. The zero-order valence-corrected chi connectivity index (χ0v) is 13.2. The fourth-order valence-corrected chi connectivity index (χ4v) is 1.85. The van der Waals surface area contributed by atoms with Crippen LogP contribution in [-0.4, -0.2) is 48.0 Å². The van der Waals surface area contributed by atoms with Crippen molar-refractivity contribution >= 4 is 11.7 Å². The smallest absolute Gasteiger partial charge is 0.271 e. The van der Waals surface area contributed by atoms with Gasteiger partial charge in [0.1, 0.15) is 17.3 Å². The van der Waals surface area contributed by atoms with E-state index < -0.39 is 0 Å². The van der Waals surface area contributed by atoms with Gasteiger partial charge in [0.05, 0.1) is 12.4 Å². The van der Waals surface area contributed by atoms with Crippen LogP contribution < -0.4 is 10.6 Å². The zero-order valence-electron chi connectivity index (χ0n) is 13.2. The molecule has 122 valence electrons. The number of nitrogens with zero attached hydrogens (tertiary/aromatic N) is 3. The van der Waals surface area contributed by atoms with Gasteiger partial charge in [0, 0.05) is 25.2 Å². The Bertz CT molecular complexity index is 645. The predicted molar refractivity (Wildman–Crippen MR) is 86.6 cm³/mol. The van der Waals surface area contributed by atoms with E-state index >= 15 is 0 Å². The average Bonchev–Trinajstić information content (AvgIpc) is 2.54. The monoisotopic (exact) mass is 317 g/mol. The van der Waals surface area contributed by atoms with E-state index in [0.29, 0.717) is 11.4 Å². The molecule has 0 aliphatic heterocycles. The molecule has 0 bridgehead atoms. The van der Waals surface area contributed by atoms with E-state index in [4.69, 9.17) is 0 Å². The minimum Gasteiger partial charge on any atom is -0.368 e. The van der Waals surface area contributed by atoms with Crippen LogP contribution in [0, 0.1) is 5.82 Å². The van der Waals surface area contributed by atoms with Gasteiger partial charge in [-0.05, 0) is 20.2 Å². The Balaban J connectivity index is 1.86. The van der Waals surface area contributed by atoms with Crippen LogP contribution in [0.4, 0.5) is 10.2 Å². The van der Waals surface area contributed by atoms with E-state index in [1.165, 1.54) is 18.5 Å². The molecule has 0 spiro atoms. The summed E-state index contributed by atoms with van der Waals surface area (Å²) in [7, 11) is 3.97. The third kappa shape index (κ3) is 5.30. The summed E-state index contributed by atoms with van der Waals surface area (Å²) in [5, 5.41) is 5.74. The maximum atomic E-state index is 13.5. The number of halogens is 1. The van der Waals surface area contributed by atoms with Gasteiger partial charge in [0.2, 0.25) is 0 Å². The molecular formula is C16H20FN5O. The second kappa shape index (κ2) is 8.19. The molecule has 0 saturated carbocycles. The Morgan fingerprint density at radius 1 is 1.22 bits per heavy atom. The lowest BCUT2D eigenvalue weighted by atomic mass is 10.2. The van der Waals surface area contributed by atoms with Crippen LogP contribution in [0.2, 0.25) is 0 Å². The normalized spacial score (nSPS) is 10.6. The molecule has 2 N–H and O–H groups in total. The minimum atomic E-state index is -0.388. The number of rotatable bonds is 7. The second-order valence-corrected chi connectivity index (χ2v) is 5.29. The molecule has 0 saturated heterocycles. The van der Waals surface area contributed by atoms with Crippen molar-refractivity contribution in [3.05, 3.63) is 53.7 Å². The van der Waals surface area contributed by atoms with Gasteiger partial charge in [0.25, 0.3) is 5.91 Å². The van der Waals surface area contributed by atoms with Crippen LogP contribution in [-0.2, 0) is 6.54 Å². The number of amides is 1. The van der Waals surface area contributed by atoms with Gasteiger partial charge in [-0.3, -0.25) is 4.79 Å². The van der Waals surface area contributed by atoms with Crippen molar-refractivity contribution in [2.45, 2.75) is 6.54 Å². The average molecular weight is 317 g/mol. The van der Waals surface area contributed by atoms with Gasteiger partial charge < -0.3 is 15.5 Å². The van der Waals surface area contributed by atoms with Crippen LogP contribution in [0.1, 0.15) is 16.1 Å². The maximum Gasteiger partial charge on any atom is 0.271 e. The van der Waals surface area contributed by atoms with Crippen molar-refractivity contribution in [2.24, 2.45) is 0 Å². The number of nitrogens with one attached hydrogen (secondary N) is 2. The highest BCUT2D eigenvalue weighted by Gasteiger charge is 2.09. The minimum absolute atomic E-state index is 0.107. The molecule has 6 nitrogen and oxygen atoms in total. The van der Waals surface area contributed by atoms with Crippen LogP contribution in [0.3, 0.4) is 0 Å². The SMILES string of the molecule is CN(C)CCNc1cnc(C(=O)NCc2ccccc2F)cn1. The topological polar surface area (TPSA) is 70.2 Å². The van der Waals surface area contributed by atoms with E-state index in [0.717, 1.165) is 13.1 Å². The van der Waals surface area contributed by atoms with Crippen molar-refractivity contribution in [1.82, 2.24) is 20.2 Å². The Labute approximate surface area is 134 Å². The molecule has 0 aliphatic rings. The van der Waals surface area contributed by atoms with Gasteiger partial charge in [-0.2, -0.15) is 0 Å². The van der Waals surface area contributed by atoms with Gasteiger partial charge in [-0.15, -0.1) is 0 Å². The largest absolute Gasteiger partial charge is 0.368 e. The predicted octanol–water partition coefficient (Wildman–Crippen LogP) is 1.52. The lowest BCUT2D eigenvalue weighted by Gasteiger charge is -2.10. The molecule has 0 aliphatic carbocycles. The summed E-state index contributed by atoms with van der Waals surface area (Å²) in [6.45, 7) is 1.71. The van der Waals surface area contributed by atoms with E-state index in [2.05, 4.69) is 20.6 Å². The van der Waals surface area contributed by atoms with E-state index in [1.807, 2.05) is 19.0 Å². The number of aromatic nitrogens is 2. The summed E-state index contributed by atoms with van der Waals surface area (Å²) in [6.07, 6.45) is 2.91. The molecule has 1 aromatic carbocycles. The summed E-state index contributed by atoms with van der Waals surface area (Å²) in [5.41, 5.74) is 0.621. The number of anilines is 1. The number of benzene rings is 1. The summed E-state index contributed by atoms with van der Waals surface area (Å²) in [5.74, 6) is -0.127. The Kier molecular flexibility index (Phi) is 5.99. The lowest BCUT2D eigenvalue weighted by Crippen LogP contribution is -2.25. The molecule has 0 radical (unpaired) electrons. The Morgan fingerprint density at radius 2 is 2.00 bits per heavy atom. The fourth-order valence-electron chi connectivity index (χ4n) is 1.85. The van der Waals surface area contributed by atoms with Crippen LogP contribution in [0.25, 0.3) is 0 Å². The first-order chi connectivity index (χ1) is 11.1. The molecule has 7 heteroatoms. The summed E-state index contributed by atoms with van der Waals surface area (Å²) in [6, 6.07) is 6.31. The first kappa shape index (κ1) is 16.8. The van der Waals surface area contributed by atoms with Crippen molar-refractivity contribution in [3.63, 3.8) is 0 Å². The number of likely N-dealkylation sites (N-methyl/N-ethyl adjacent to an activating group) is 1. The first-order valence-corrected chi connectivity index (χ1v) is 7.28. The number of carbonyl (C=O) groups excluding carboxylic acids is 1. The van der Waals surface area contributed by atoms with Crippen molar-refractivity contribution < 1.29 is 9.18 Å². The molecular weight excluding hydrogens is 297 g/mol. The van der Waals surface area contributed by atoms with Gasteiger partial charge in [0.15, 0.2) is 0 Å². The molecule has 1 aromatic heterocycles. The zero-order chi connectivity index (χ0) is 16.7. The van der Waals surface area contributed by atoms with Gasteiger partial charge in [-0.25, -0.2) is 14.4 Å². The first-order valence-electron chi connectivity index (χ1n) is 7.28.